The third-order valence-electron chi connectivity index (χ3n) is 3.64. The van der Waals surface area contributed by atoms with Gasteiger partial charge in [-0.2, -0.15) is 5.10 Å². The van der Waals surface area contributed by atoms with Crippen molar-refractivity contribution >= 4 is 28.5 Å². The molecule has 9 nitrogen and oxygen atoms in total. The molecule has 0 bridgehead atoms. The maximum atomic E-state index is 12.1. The molecule has 0 spiro atoms. The predicted octanol–water partition coefficient (Wildman–Crippen LogP) is 1.33. The number of benzene rings is 1. The van der Waals surface area contributed by atoms with Gasteiger partial charge in [0.15, 0.2) is 6.10 Å². The summed E-state index contributed by atoms with van der Waals surface area (Å²) in [4.78, 5) is 35.9. The van der Waals surface area contributed by atoms with Crippen molar-refractivity contribution in [2.45, 2.75) is 26.4 Å². The number of carbonyl (C=O) groups is 2. The van der Waals surface area contributed by atoms with Crippen molar-refractivity contribution in [2.24, 2.45) is 0 Å². The molecule has 1 unspecified atom stereocenters. The molecule has 2 heterocycles. The summed E-state index contributed by atoms with van der Waals surface area (Å²) in [5, 5.41) is 13.3. The van der Waals surface area contributed by atoms with Crippen LogP contribution in [-0.2, 0) is 20.7 Å². The van der Waals surface area contributed by atoms with Crippen molar-refractivity contribution in [2.75, 3.05) is 5.32 Å². The minimum Gasteiger partial charge on any atom is -0.452 e. The summed E-state index contributed by atoms with van der Waals surface area (Å²) in [7, 11) is 0. The van der Waals surface area contributed by atoms with Gasteiger partial charge in [-0.15, -0.1) is 0 Å². The molecule has 0 saturated heterocycles. The molecule has 26 heavy (non-hydrogen) atoms. The first-order valence-corrected chi connectivity index (χ1v) is 7.84. The first-order valence-electron chi connectivity index (χ1n) is 7.84. The van der Waals surface area contributed by atoms with Gasteiger partial charge < -0.3 is 9.26 Å². The van der Waals surface area contributed by atoms with Gasteiger partial charge in [-0.3, -0.25) is 19.7 Å². The van der Waals surface area contributed by atoms with E-state index in [9.17, 15) is 14.4 Å². The Labute approximate surface area is 147 Å². The van der Waals surface area contributed by atoms with Crippen molar-refractivity contribution in [3.8, 4) is 0 Å². The Morgan fingerprint density at radius 2 is 2.04 bits per heavy atom. The van der Waals surface area contributed by atoms with Gasteiger partial charge in [0, 0.05) is 11.5 Å². The second-order valence-corrected chi connectivity index (χ2v) is 5.68. The zero-order valence-corrected chi connectivity index (χ0v) is 14.1. The van der Waals surface area contributed by atoms with E-state index in [4.69, 9.17) is 9.26 Å². The number of ether oxygens (including phenoxy) is 1. The molecule has 2 aromatic heterocycles. The number of hydrogen-bond acceptors (Lipinski definition) is 7. The first kappa shape index (κ1) is 17.3. The Kier molecular flexibility index (Phi) is 4.78. The Bertz CT molecular complexity index is 1020. The van der Waals surface area contributed by atoms with Crippen LogP contribution < -0.4 is 10.9 Å². The number of esters is 1. The Morgan fingerprint density at radius 3 is 2.73 bits per heavy atom. The molecule has 0 saturated carbocycles. The lowest BCUT2D eigenvalue weighted by Gasteiger charge is -2.12. The van der Waals surface area contributed by atoms with Crippen LogP contribution in [0.2, 0.25) is 0 Å². The fourth-order valence-electron chi connectivity index (χ4n) is 2.38. The van der Waals surface area contributed by atoms with E-state index in [1.165, 1.54) is 6.92 Å². The van der Waals surface area contributed by atoms with Gasteiger partial charge in [0.2, 0.25) is 5.88 Å². The molecule has 0 aliphatic heterocycles. The second kappa shape index (κ2) is 7.18. The van der Waals surface area contributed by atoms with E-state index in [0.29, 0.717) is 22.2 Å². The molecule has 1 amide bonds. The number of rotatable bonds is 5. The number of fused-ring (bicyclic) bond motifs is 1. The molecule has 0 aliphatic rings. The van der Waals surface area contributed by atoms with Gasteiger partial charge in [-0.1, -0.05) is 23.4 Å². The van der Waals surface area contributed by atoms with Crippen LogP contribution in [0.5, 0.6) is 0 Å². The summed E-state index contributed by atoms with van der Waals surface area (Å²) >= 11 is 0. The summed E-state index contributed by atoms with van der Waals surface area (Å²) in [5.74, 6) is -1.02. The Balaban J connectivity index is 1.66. The molecular weight excluding hydrogens is 340 g/mol. The smallest absolute Gasteiger partial charge is 0.312 e. The van der Waals surface area contributed by atoms with E-state index in [1.807, 2.05) is 0 Å². The molecule has 3 aromatic rings. The van der Waals surface area contributed by atoms with Gasteiger partial charge in [-0.05, 0) is 19.9 Å². The molecular formula is C17H16N4O5. The standard InChI is InChI=1S/C17H16N4O5/c1-9-7-14(26-21-9)18-16(23)10(2)25-15(22)8-13-11-5-3-4-6-12(11)17(24)20-19-13/h3-7,10H,8H2,1-2H3,(H,18,23)(H,20,24). The maximum absolute atomic E-state index is 12.1. The first-order chi connectivity index (χ1) is 12.4. The van der Waals surface area contributed by atoms with E-state index in [-0.39, 0.29) is 17.9 Å². The van der Waals surface area contributed by atoms with Gasteiger partial charge in [-0.25, -0.2) is 5.10 Å². The molecule has 2 N–H and O–H groups in total. The van der Waals surface area contributed by atoms with E-state index in [2.05, 4.69) is 20.7 Å². The zero-order chi connectivity index (χ0) is 18.7. The average Bonchev–Trinajstić information content (AvgIpc) is 3.02. The van der Waals surface area contributed by atoms with E-state index >= 15 is 0 Å². The number of aromatic nitrogens is 3. The topological polar surface area (TPSA) is 127 Å². The average molecular weight is 356 g/mol. The van der Waals surface area contributed by atoms with Gasteiger partial charge in [0.25, 0.3) is 11.5 Å². The maximum Gasteiger partial charge on any atom is 0.312 e. The largest absolute Gasteiger partial charge is 0.452 e. The Hall–Kier alpha value is -3.49. The van der Waals surface area contributed by atoms with Crippen LogP contribution in [0.1, 0.15) is 18.3 Å². The van der Waals surface area contributed by atoms with Crippen molar-refractivity contribution in [3.05, 3.63) is 52.1 Å². The lowest BCUT2D eigenvalue weighted by atomic mass is 10.1. The Morgan fingerprint density at radius 1 is 1.31 bits per heavy atom. The molecule has 1 atom stereocenters. The van der Waals surface area contributed by atoms with Crippen LogP contribution >= 0.6 is 0 Å². The van der Waals surface area contributed by atoms with Gasteiger partial charge >= 0.3 is 5.97 Å². The molecule has 134 valence electrons. The van der Waals surface area contributed by atoms with Gasteiger partial charge in [0.05, 0.1) is 23.2 Å². The summed E-state index contributed by atoms with van der Waals surface area (Å²) < 4.78 is 10.0. The summed E-state index contributed by atoms with van der Waals surface area (Å²) in [6, 6.07) is 8.34. The molecule has 3 rings (SSSR count). The predicted molar refractivity (Wildman–Crippen MR) is 91.5 cm³/mol. The number of aromatic amines is 1. The zero-order valence-electron chi connectivity index (χ0n) is 14.1. The van der Waals surface area contributed by atoms with E-state index < -0.39 is 18.0 Å². The third kappa shape index (κ3) is 3.77. The number of hydrogen-bond donors (Lipinski definition) is 2. The van der Waals surface area contributed by atoms with Crippen LogP contribution in [0, 0.1) is 6.92 Å². The quantitative estimate of drug-likeness (QED) is 0.660. The van der Waals surface area contributed by atoms with Crippen LogP contribution in [0.3, 0.4) is 0 Å². The monoisotopic (exact) mass is 356 g/mol. The number of aryl methyl sites for hydroxylation is 1. The minimum absolute atomic E-state index is 0.170. The summed E-state index contributed by atoms with van der Waals surface area (Å²) in [6.45, 7) is 3.15. The lowest BCUT2D eigenvalue weighted by molar-refractivity contribution is -0.152. The minimum atomic E-state index is -1.04. The highest BCUT2D eigenvalue weighted by atomic mass is 16.5. The highest BCUT2D eigenvalue weighted by Gasteiger charge is 2.20. The second-order valence-electron chi connectivity index (χ2n) is 5.68. The number of carbonyl (C=O) groups excluding carboxylic acids is 2. The fourth-order valence-corrected chi connectivity index (χ4v) is 2.38. The van der Waals surface area contributed by atoms with Crippen molar-refractivity contribution in [1.29, 1.82) is 0 Å². The summed E-state index contributed by atoms with van der Waals surface area (Å²) in [6.07, 6.45) is -1.22. The number of H-pyrrole nitrogens is 1. The van der Waals surface area contributed by atoms with Crippen LogP contribution in [0.25, 0.3) is 10.8 Å². The summed E-state index contributed by atoms with van der Waals surface area (Å²) in [5.41, 5.74) is 0.637. The van der Waals surface area contributed by atoms with Crippen LogP contribution in [0.4, 0.5) is 5.88 Å². The van der Waals surface area contributed by atoms with Crippen molar-refractivity contribution < 1.29 is 18.8 Å². The molecule has 9 heteroatoms. The van der Waals surface area contributed by atoms with Crippen LogP contribution in [0.15, 0.2) is 39.6 Å². The number of amides is 1. The lowest BCUT2D eigenvalue weighted by Crippen LogP contribution is -2.30. The molecule has 0 fully saturated rings. The van der Waals surface area contributed by atoms with E-state index in [0.717, 1.165) is 0 Å². The van der Waals surface area contributed by atoms with Crippen molar-refractivity contribution in [1.82, 2.24) is 15.4 Å². The normalized spacial score (nSPS) is 11.9. The highest BCUT2D eigenvalue weighted by Crippen LogP contribution is 2.14. The number of anilines is 1. The fraction of sp³-hybridized carbons (Fsp3) is 0.235. The van der Waals surface area contributed by atoms with Gasteiger partial charge in [0.1, 0.15) is 0 Å². The van der Waals surface area contributed by atoms with E-state index in [1.54, 1.807) is 37.3 Å². The molecule has 0 aliphatic carbocycles. The molecule has 1 aromatic carbocycles. The molecule has 0 radical (unpaired) electrons. The number of nitrogens with one attached hydrogen (secondary N) is 2. The number of nitrogens with zero attached hydrogens (tertiary/aromatic N) is 2. The van der Waals surface area contributed by atoms with Crippen molar-refractivity contribution in [3.63, 3.8) is 0 Å². The SMILES string of the molecule is Cc1cc(NC(=O)C(C)OC(=O)Cc2n[nH]c(=O)c3ccccc23)on1. The van der Waals surface area contributed by atoms with Crippen LogP contribution in [-0.4, -0.2) is 33.3 Å². The third-order valence-corrected chi connectivity index (χ3v) is 3.64. The highest BCUT2D eigenvalue weighted by molar-refractivity contribution is 5.94.